The van der Waals surface area contributed by atoms with Crippen LogP contribution in [0.5, 0.6) is 11.5 Å². The number of para-hydroxylation sites is 2. The fraction of sp³-hybridized carbons (Fsp3) is 0.400. The molecule has 0 amide bonds. The van der Waals surface area contributed by atoms with Crippen LogP contribution in [0, 0.1) is 10.8 Å². The van der Waals surface area contributed by atoms with Crippen molar-refractivity contribution in [3.8, 4) is 11.5 Å². The molecule has 2 aliphatic heterocycles. The number of fused-ring (bicyclic) bond motifs is 2. The summed E-state index contributed by atoms with van der Waals surface area (Å²) in [7, 11) is 2.78. The summed E-state index contributed by atoms with van der Waals surface area (Å²) in [5, 5.41) is 16.6. The second kappa shape index (κ2) is 12.7. The van der Waals surface area contributed by atoms with Crippen molar-refractivity contribution in [3.63, 3.8) is 0 Å². The molecule has 2 unspecified atom stereocenters. The molecule has 0 fully saturated rings. The molecule has 0 spiro atoms. The highest BCUT2D eigenvalue weighted by Gasteiger charge is 2.52. The molecule has 4 heterocycles. The molecule has 0 bridgehead atoms. The molecule has 0 saturated heterocycles. The van der Waals surface area contributed by atoms with Gasteiger partial charge in [-0.2, -0.15) is 36.5 Å². The Labute approximate surface area is 317 Å². The van der Waals surface area contributed by atoms with E-state index in [4.69, 9.17) is 9.47 Å². The molecule has 4 aromatic rings. The predicted molar refractivity (Wildman–Crippen MR) is 192 cm³/mol. The normalized spacial score (nSPS) is 23.1. The summed E-state index contributed by atoms with van der Waals surface area (Å²) >= 11 is 0. The molecule has 56 heavy (non-hydrogen) atoms. The number of allylic oxidation sites excluding steroid dienone is 4. The summed E-state index contributed by atoms with van der Waals surface area (Å²) in [5.41, 5.74) is -2.71. The molecular weight excluding hydrogens is 742 g/mol. The molecule has 2 aromatic carbocycles. The number of nitrogens with zero attached hydrogens (tertiary/aromatic N) is 3. The van der Waals surface area contributed by atoms with Crippen LogP contribution in [-0.4, -0.2) is 45.8 Å². The van der Waals surface area contributed by atoms with Gasteiger partial charge in [-0.1, -0.05) is 57.2 Å². The Morgan fingerprint density at radius 2 is 1.27 bits per heavy atom. The van der Waals surface area contributed by atoms with E-state index in [1.54, 1.807) is 55.5 Å². The maximum absolute atomic E-state index is 15.6. The first-order valence-electron chi connectivity index (χ1n) is 18.0. The molecule has 8 rings (SSSR count). The van der Waals surface area contributed by atoms with E-state index in [-0.39, 0.29) is 70.4 Å². The fourth-order valence-corrected chi connectivity index (χ4v) is 9.14. The van der Waals surface area contributed by atoms with Gasteiger partial charge >= 0.3 is 12.4 Å². The summed E-state index contributed by atoms with van der Waals surface area (Å²) in [6, 6.07) is 13.1. The second-order valence-corrected chi connectivity index (χ2v) is 16.0. The number of ether oxygens (including phenoxy) is 2. The number of halogens is 6. The highest BCUT2D eigenvalue weighted by molar-refractivity contribution is 6.02. The first-order chi connectivity index (χ1) is 26.3. The van der Waals surface area contributed by atoms with E-state index < -0.39 is 58.7 Å². The minimum atomic E-state index is -4.97. The SMILES string of the molecule is COc1ccccc1C1C2=C(CC(C)(Cn3nc4c(c3C(F)(F)F)[C@H](c3ccccc3OC)C3=C(CC(C)(C)CC3=O)N4)CC2=O)Nc2n[nH]c(C(F)(F)F)c21. The maximum atomic E-state index is 15.6. The highest BCUT2D eigenvalue weighted by Crippen LogP contribution is 2.56. The van der Waals surface area contributed by atoms with Crippen molar-refractivity contribution in [3.05, 3.63) is 105 Å². The largest absolute Gasteiger partial charge is 0.496 e. The number of aromatic amines is 1. The van der Waals surface area contributed by atoms with E-state index in [9.17, 15) is 22.8 Å². The Morgan fingerprint density at radius 1 is 0.732 bits per heavy atom. The van der Waals surface area contributed by atoms with Crippen LogP contribution in [0.4, 0.5) is 38.0 Å². The van der Waals surface area contributed by atoms with Crippen LogP contribution in [0.3, 0.4) is 0 Å². The standard InChI is InChI=1S/C40H38F6N6O4/c1-37(2)14-21-29(23(53)16-37)28(20-11-7-9-13-26(20)56-5)32-34(40(44,45)46)52(51-36(32)48-21)18-38(3)15-22-30(24(54)17-38)27(19-10-6-8-12-25(19)55-4)31-33(39(41,42)43)49-50-35(31)47-22/h6-13,27-28H,14-18H2,1-5H3,(H,48,51)(H2,47,49,50)/t27?,28-,38?/m1/s1. The lowest BCUT2D eigenvalue weighted by molar-refractivity contribution is -0.146. The topological polar surface area (TPSA) is 123 Å². The number of Topliss-reactive ketones (excluding diaryl/α,β-unsaturated/α-hetero) is 2. The van der Waals surface area contributed by atoms with Gasteiger partial charge in [0.15, 0.2) is 23.2 Å². The number of nitrogens with one attached hydrogen (secondary N) is 3. The molecule has 0 saturated carbocycles. The molecule has 4 aliphatic rings. The van der Waals surface area contributed by atoms with Gasteiger partial charge in [0, 0.05) is 76.0 Å². The number of methoxy groups -OCH3 is 2. The number of hydrogen-bond acceptors (Lipinski definition) is 8. The molecule has 3 atom stereocenters. The van der Waals surface area contributed by atoms with Crippen molar-refractivity contribution in [1.82, 2.24) is 20.0 Å². The van der Waals surface area contributed by atoms with E-state index >= 15 is 13.2 Å². The molecule has 2 aliphatic carbocycles. The maximum Gasteiger partial charge on any atom is 0.433 e. The molecule has 3 N–H and O–H groups in total. The van der Waals surface area contributed by atoms with Gasteiger partial charge in [-0.25, -0.2) is 0 Å². The molecule has 10 nitrogen and oxygen atoms in total. The van der Waals surface area contributed by atoms with E-state index in [1.165, 1.54) is 14.2 Å². The van der Waals surface area contributed by atoms with Crippen LogP contribution in [0.25, 0.3) is 0 Å². The third-order valence-corrected chi connectivity index (χ3v) is 11.2. The van der Waals surface area contributed by atoms with Crippen LogP contribution < -0.4 is 20.1 Å². The monoisotopic (exact) mass is 780 g/mol. The van der Waals surface area contributed by atoms with E-state index in [0.29, 0.717) is 29.0 Å². The summed E-state index contributed by atoms with van der Waals surface area (Å²) < 4.78 is 102. The van der Waals surface area contributed by atoms with Gasteiger partial charge in [-0.05, 0) is 35.8 Å². The lowest BCUT2D eigenvalue weighted by Gasteiger charge is -2.40. The summed E-state index contributed by atoms with van der Waals surface area (Å²) in [4.78, 5) is 28.3. The molecule has 2 aromatic heterocycles. The van der Waals surface area contributed by atoms with E-state index in [1.807, 2.05) is 13.8 Å². The number of aromatic nitrogens is 4. The zero-order valence-corrected chi connectivity index (χ0v) is 31.1. The van der Waals surface area contributed by atoms with Gasteiger partial charge in [0.05, 0.1) is 14.2 Å². The van der Waals surface area contributed by atoms with Crippen molar-refractivity contribution in [2.24, 2.45) is 10.8 Å². The number of alkyl halides is 6. The van der Waals surface area contributed by atoms with Crippen molar-refractivity contribution in [2.75, 3.05) is 24.9 Å². The molecular formula is C40H38F6N6O4. The molecule has 16 heteroatoms. The highest BCUT2D eigenvalue weighted by atomic mass is 19.4. The summed E-state index contributed by atoms with van der Waals surface area (Å²) in [6.07, 6.45) is -9.62. The van der Waals surface area contributed by atoms with Gasteiger partial charge in [0.2, 0.25) is 0 Å². The number of carbonyl (C=O) groups is 2. The Bertz CT molecular complexity index is 2370. The zero-order valence-electron chi connectivity index (χ0n) is 31.1. The van der Waals surface area contributed by atoms with Crippen LogP contribution in [0.2, 0.25) is 0 Å². The number of ketones is 2. The number of hydrogen-bond donors (Lipinski definition) is 3. The third kappa shape index (κ3) is 6.04. The van der Waals surface area contributed by atoms with Crippen LogP contribution in [0.15, 0.2) is 71.1 Å². The van der Waals surface area contributed by atoms with E-state index in [0.717, 1.165) is 4.68 Å². The van der Waals surface area contributed by atoms with Gasteiger partial charge in [0.1, 0.15) is 22.9 Å². The average molecular weight is 781 g/mol. The summed E-state index contributed by atoms with van der Waals surface area (Å²) in [5.74, 6) is -2.88. The second-order valence-electron chi connectivity index (χ2n) is 16.0. The van der Waals surface area contributed by atoms with Crippen LogP contribution >= 0.6 is 0 Å². The minimum Gasteiger partial charge on any atom is -0.496 e. The van der Waals surface area contributed by atoms with Gasteiger partial charge in [-0.15, -0.1) is 0 Å². The van der Waals surface area contributed by atoms with Gasteiger partial charge in [0.25, 0.3) is 0 Å². The number of carbonyl (C=O) groups excluding carboxylic acids is 2. The third-order valence-electron chi connectivity index (χ3n) is 11.2. The quantitative estimate of drug-likeness (QED) is 0.166. The van der Waals surface area contributed by atoms with Crippen molar-refractivity contribution < 1.29 is 45.4 Å². The minimum absolute atomic E-state index is 0.0278. The predicted octanol–water partition coefficient (Wildman–Crippen LogP) is 8.74. The lowest BCUT2D eigenvalue weighted by Crippen LogP contribution is -2.38. The first-order valence-corrected chi connectivity index (χ1v) is 18.0. The Balaban J connectivity index is 1.25. The first kappa shape index (κ1) is 37.4. The number of anilines is 2. The van der Waals surface area contributed by atoms with Crippen LogP contribution in [-0.2, 0) is 28.5 Å². The number of rotatable bonds is 6. The summed E-state index contributed by atoms with van der Waals surface area (Å²) in [6.45, 7) is 5.09. The zero-order chi connectivity index (χ0) is 40.1. The van der Waals surface area contributed by atoms with Gasteiger partial charge in [-0.3, -0.25) is 19.4 Å². The Morgan fingerprint density at radius 3 is 1.84 bits per heavy atom. The Hall–Kier alpha value is -5.54. The number of benzene rings is 2. The van der Waals surface area contributed by atoms with Gasteiger partial charge < -0.3 is 20.1 Å². The van der Waals surface area contributed by atoms with Crippen molar-refractivity contribution in [1.29, 1.82) is 0 Å². The van der Waals surface area contributed by atoms with Crippen molar-refractivity contribution in [2.45, 2.75) is 77.2 Å². The molecule has 294 valence electrons. The smallest absolute Gasteiger partial charge is 0.433 e. The van der Waals surface area contributed by atoms with E-state index in [2.05, 4.69) is 25.9 Å². The van der Waals surface area contributed by atoms with Crippen molar-refractivity contribution >= 4 is 23.2 Å². The number of H-pyrrole nitrogens is 1. The molecule has 0 radical (unpaired) electrons. The Kier molecular flexibility index (Phi) is 8.51. The fourth-order valence-electron chi connectivity index (χ4n) is 9.14. The average Bonchev–Trinajstić information content (AvgIpc) is 3.70. The lowest BCUT2D eigenvalue weighted by atomic mass is 9.68. The van der Waals surface area contributed by atoms with Crippen LogP contribution in [0.1, 0.15) is 91.9 Å².